The number of likely N-dealkylation sites (tertiary alicyclic amines) is 3. The van der Waals surface area contributed by atoms with Crippen LogP contribution in [-0.4, -0.2) is 91.8 Å². The number of amides is 2. The molecule has 39 heavy (non-hydrogen) atoms. The summed E-state index contributed by atoms with van der Waals surface area (Å²) in [5.41, 5.74) is 3.01. The number of hydrogen-bond acceptors (Lipinski definition) is 6. The van der Waals surface area contributed by atoms with Gasteiger partial charge in [-0.15, -0.1) is 0 Å². The van der Waals surface area contributed by atoms with Crippen molar-refractivity contribution in [2.75, 3.05) is 46.4 Å². The zero-order valence-electron chi connectivity index (χ0n) is 22.6. The van der Waals surface area contributed by atoms with Gasteiger partial charge in [-0.3, -0.25) is 10.00 Å². The van der Waals surface area contributed by atoms with Gasteiger partial charge in [0, 0.05) is 93.5 Å². The van der Waals surface area contributed by atoms with Crippen LogP contribution < -0.4 is 0 Å². The molecular weight excluding hydrogens is 492 g/mol. The van der Waals surface area contributed by atoms with E-state index in [-0.39, 0.29) is 11.4 Å². The fourth-order valence-corrected chi connectivity index (χ4v) is 7.56. The van der Waals surface area contributed by atoms with Crippen LogP contribution in [0.25, 0.3) is 11.4 Å². The molecule has 1 N–H and O–H groups in total. The van der Waals surface area contributed by atoms with E-state index in [1.807, 2.05) is 17.0 Å². The third kappa shape index (κ3) is 3.98. The van der Waals surface area contributed by atoms with Crippen molar-refractivity contribution < 1.29 is 9.53 Å². The zero-order chi connectivity index (χ0) is 26.2. The van der Waals surface area contributed by atoms with Crippen molar-refractivity contribution in [1.29, 1.82) is 0 Å². The van der Waals surface area contributed by atoms with Crippen LogP contribution in [0.4, 0.5) is 4.79 Å². The first-order chi connectivity index (χ1) is 19.0. The van der Waals surface area contributed by atoms with Gasteiger partial charge < -0.3 is 19.1 Å². The van der Waals surface area contributed by atoms with Gasteiger partial charge in [0.05, 0.1) is 0 Å². The van der Waals surface area contributed by atoms with Gasteiger partial charge in [-0.05, 0) is 31.2 Å². The van der Waals surface area contributed by atoms with Crippen LogP contribution in [0.3, 0.4) is 0 Å². The van der Waals surface area contributed by atoms with Gasteiger partial charge in [0.15, 0.2) is 5.82 Å². The third-order valence-electron chi connectivity index (χ3n) is 9.61. The lowest BCUT2D eigenvalue weighted by Gasteiger charge is -2.63. The molecule has 3 aliphatic heterocycles. The lowest BCUT2D eigenvalue weighted by molar-refractivity contribution is -0.116. The topological polar surface area (TPSA) is 95.4 Å². The maximum atomic E-state index is 13.1. The summed E-state index contributed by atoms with van der Waals surface area (Å²) >= 11 is 0. The van der Waals surface area contributed by atoms with Crippen molar-refractivity contribution in [2.45, 2.75) is 50.8 Å². The number of ether oxygens (including phenoxy) is 1. The molecule has 5 heterocycles. The van der Waals surface area contributed by atoms with Crippen molar-refractivity contribution in [1.82, 2.24) is 39.4 Å². The van der Waals surface area contributed by atoms with E-state index in [4.69, 9.17) is 9.72 Å². The molecule has 0 atom stereocenters. The molecule has 2 aromatic heterocycles. The number of H-pyrrole nitrogens is 1. The van der Waals surface area contributed by atoms with E-state index in [1.165, 1.54) is 18.4 Å². The number of hydrogen-bond donors (Lipinski definition) is 1. The van der Waals surface area contributed by atoms with Crippen LogP contribution in [0.1, 0.15) is 54.7 Å². The molecule has 1 aromatic carbocycles. The Bertz CT molecular complexity index is 1380. The van der Waals surface area contributed by atoms with Crippen molar-refractivity contribution in [2.24, 2.45) is 10.8 Å². The van der Waals surface area contributed by atoms with E-state index in [2.05, 4.69) is 54.1 Å². The first-order valence-corrected chi connectivity index (χ1v) is 14.3. The molecule has 3 saturated heterocycles. The molecule has 3 aromatic rings. The second-order valence-electron chi connectivity index (χ2n) is 12.9. The second-order valence-corrected chi connectivity index (χ2v) is 12.9. The first kappa shape index (κ1) is 23.6. The third-order valence-corrected chi connectivity index (χ3v) is 9.61. The summed E-state index contributed by atoms with van der Waals surface area (Å²) in [6.45, 7) is 7.04. The Morgan fingerprint density at radius 2 is 1.77 bits per heavy atom. The van der Waals surface area contributed by atoms with Crippen LogP contribution in [0.15, 0.2) is 36.7 Å². The fraction of sp³-hybridized carbons (Fsp3) is 0.586. The quantitative estimate of drug-likeness (QED) is 0.506. The molecular formula is C29H36N8O2. The molecule has 5 aliphatic rings. The molecule has 8 rings (SSSR count). The van der Waals surface area contributed by atoms with E-state index in [9.17, 15) is 4.79 Å². The minimum atomic E-state index is 0.234. The van der Waals surface area contributed by atoms with Crippen LogP contribution >= 0.6 is 0 Å². The minimum absolute atomic E-state index is 0.234. The maximum absolute atomic E-state index is 13.1. The first-order valence-electron chi connectivity index (χ1n) is 14.3. The molecule has 2 spiro atoms. The number of nitrogens with one attached hydrogen (secondary N) is 1. The van der Waals surface area contributed by atoms with E-state index in [0.717, 1.165) is 81.7 Å². The predicted octanol–water partition coefficient (Wildman–Crippen LogP) is 3.27. The summed E-state index contributed by atoms with van der Waals surface area (Å²) < 4.78 is 7.37. The molecule has 10 nitrogen and oxygen atoms in total. The highest BCUT2D eigenvalue weighted by Gasteiger charge is 2.58. The lowest BCUT2D eigenvalue weighted by Crippen LogP contribution is -2.75. The Hall–Kier alpha value is -3.24. The molecule has 2 aliphatic carbocycles. The van der Waals surface area contributed by atoms with Crippen LogP contribution in [-0.2, 0) is 18.0 Å². The fourth-order valence-electron chi connectivity index (χ4n) is 7.56. The number of carbonyl (C=O) groups excluding carboxylic acids is 1. The van der Waals surface area contributed by atoms with Gasteiger partial charge in [0.2, 0.25) is 0 Å². The molecule has 0 radical (unpaired) electrons. The van der Waals surface area contributed by atoms with Crippen LogP contribution in [0, 0.1) is 10.8 Å². The number of aromatic amines is 1. The van der Waals surface area contributed by atoms with Crippen LogP contribution in [0.5, 0.6) is 0 Å². The number of rotatable bonds is 7. The van der Waals surface area contributed by atoms with Gasteiger partial charge in [0.25, 0.3) is 0 Å². The molecule has 5 fully saturated rings. The molecule has 0 bridgehead atoms. The Labute approximate surface area is 228 Å². The summed E-state index contributed by atoms with van der Waals surface area (Å²) in [6.07, 6.45) is 8.50. The number of urea groups is 1. The Morgan fingerprint density at radius 3 is 2.51 bits per heavy atom. The summed E-state index contributed by atoms with van der Waals surface area (Å²) in [7, 11) is 1.70. The average molecular weight is 529 g/mol. The van der Waals surface area contributed by atoms with E-state index in [1.54, 1.807) is 7.11 Å². The van der Waals surface area contributed by atoms with E-state index >= 15 is 0 Å². The normalized spacial score (nSPS) is 23.4. The highest BCUT2D eigenvalue weighted by atomic mass is 16.5. The summed E-state index contributed by atoms with van der Waals surface area (Å²) in [5, 5.41) is 7.63. The highest BCUT2D eigenvalue weighted by molar-refractivity contribution is 5.77. The largest absolute Gasteiger partial charge is 0.364 e. The van der Waals surface area contributed by atoms with Crippen LogP contribution in [0.2, 0.25) is 0 Å². The number of methoxy groups -OCH3 is 1. The van der Waals surface area contributed by atoms with Crippen molar-refractivity contribution in [3.8, 4) is 11.4 Å². The maximum Gasteiger partial charge on any atom is 0.320 e. The second kappa shape index (κ2) is 8.63. The highest BCUT2D eigenvalue weighted by Crippen LogP contribution is 2.56. The Balaban J connectivity index is 0.809. The summed E-state index contributed by atoms with van der Waals surface area (Å²) in [4.78, 5) is 29.1. The number of nitrogens with zero attached hydrogens (tertiary/aromatic N) is 7. The summed E-state index contributed by atoms with van der Waals surface area (Å²) in [6, 6.07) is 8.74. The lowest BCUT2D eigenvalue weighted by atomic mass is 9.57. The van der Waals surface area contributed by atoms with Crippen molar-refractivity contribution in [3.63, 3.8) is 0 Å². The molecule has 2 saturated carbocycles. The Kier molecular flexibility index (Phi) is 5.23. The number of carbonyl (C=O) groups is 1. The van der Waals surface area contributed by atoms with Crippen molar-refractivity contribution >= 4 is 6.03 Å². The van der Waals surface area contributed by atoms with E-state index < -0.39 is 0 Å². The number of aromatic nitrogens is 5. The molecule has 204 valence electrons. The smallest absolute Gasteiger partial charge is 0.320 e. The number of imidazole rings is 1. The monoisotopic (exact) mass is 528 g/mol. The number of benzene rings is 1. The summed E-state index contributed by atoms with van der Waals surface area (Å²) in [5.74, 6) is 4.10. The minimum Gasteiger partial charge on any atom is -0.364 e. The Morgan fingerprint density at radius 1 is 1.03 bits per heavy atom. The molecule has 2 amide bonds. The molecule has 10 heteroatoms. The predicted molar refractivity (Wildman–Crippen MR) is 144 cm³/mol. The van der Waals surface area contributed by atoms with Gasteiger partial charge in [-0.25, -0.2) is 14.8 Å². The molecule has 0 unspecified atom stereocenters. The van der Waals surface area contributed by atoms with Crippen molar-refractivity contribution in [3.05, 3.63) is 53.9 Å². The standard InChI is InChI=1S/C29H36N8O2/c1-39-19-35-9-8-30-26(35)23-5-3-2-4-21(23)12-34-13-29(14-34)17-37(18-29)27(38)36-15-28(16-36)10-22(11-28)25-31-24(32-33-25)20-6-7-20/h2-5,8-9,20,22H,6-7,10-19H2,1H3,(H,31,32,33). The van der Waals surface area contributed by atoms with Gasteiger partial charge in [0.1, 0.15) is 18.4 Å². The average Bonchev–Trinajstić information content (AvgIpc) is 3.39. The van der Waals surface area contributed by atoms with Gasteiger partial charge in [-0.1, -0.05) is 24.3 Å². The SMILES string of the molecule is COCn1ccnc1-c1ccccc1CN1CC2(C1)CN(C(=O)N1CC3(CC(c4n[nH]c(C5CC5)n4)C3)C1)C2. The van der Waals surface area contributed by atoms with Gasteiger partial charge in [-0.2, -0.15) is 5.10 Å². The van der Waals surface area contributed by atoms with E-state index in [0.29, 0.717) is 24.0 Å². The van der Waals surface area contributed by atoms with Gasteiger partial charge >= 0.3 is 6.03 Å². The zero-order valence-corrected chi connectivity index (χ0v) is 22.6.